The highest BCUT2D eigenvalue weighted by Crippen LogP contribution is 2.35. The van der Waals surface area contributed by atoms with Gasteiger partial charge in [0, 0.05) is 18.5 Å². The molecule has 0 aliphatic carbocycles. The number of rotatable bonds is 3. The van der Waals surface area contributed by atoms with E-state index in [-0.39, 0.29) is 23.1 Å². The second-order valence-corrected chi connectivity index (χ2v) is 6.71. The molecule has 0 bridgehead atoms. The molecule has 0 atom stereocenters. The van der Waals surface area contributed by atoms with Gasteiger partial charge >= 0.3 is 6.18 Å². The highest BCUT2D eigenvalue weighted by atomic mass is 32.1. The van der Waals surface area contributed by atoms with Crippen LogP contribution in [0.1, 0.15) is 16.8 Å². The van der Waals surface area contributed by atoms with Crippen LogP contribution >= 0.6 is 11.3 Å². The first-order chi connectivity index (χ1) is 11.9. The van der Waals surface area contributed by atoms with Crippen LogP contribution in [0.25, 0.3) is 4.83 Å². The van der Waals surface area contributed by atoms with E-state index in [1.807, 2.05) is 29.2 Å². The van der Waals surface area contributed by atoms with E-state index >= 15 is 0 Å². The van der Waals surface area contributed by atoms with Gasteiger partial charge in [0.25, 0.3) is 0 Å². The number of fused-ring (bicyclic) bond motifs is 2. The number of halogens is 3. The summed E-state index contributed by atoms with van der Waals surface area (Å²) in [4.78, 5) is 18.4. The third-order valence-corrected chi connectivity index (χ3v) is 5.04. The molecule has 0 saturated carbocycles. The van der Waals surface area contributed by atoms with Gasteiger partial charge in [-0.25, -0.2) is 4.98 Å². The van der Waals surface area contributed by atoms with E-state index in [9.17, 15) is 18.0 Å². The molecule has 2 aromatic heterocycles. The topological polar surface area (TPSA) is 49.6 Å². The maximum absolute atomic E-state index is 12.9. The number of aromatic nitrogens is 2. The number of amides is 1. The van der Waals surface area contributed by atoms with Crippen LogP contribution in [0.4, 0.5) is 19.0 Å². The summed E-state index contributed by atoms with van der Waals surface area (Å²) in [7, 11) is 0. The first kappa shape index (κ1) is 16.1. The molecule has 0 unspecified atom stereocenters. The monoisotopic (exact) mass is 366 g/mol. The molecule has 1 aliphatic heterocycles. The largest absolute Gasteiger partial charge is 0.432 e. The van der Waals surface area contributed by atoms with Crippen LogP contribution in [-0.4, -0.2) is 26.7 Å². The molecule has 130 valence electrons. The van der Waals surface area contributed by atoms with Crippen molar-refractivity contribution in [3.8, 4) is 0 Å². The van der Waals surface area contributed by atoms with Gasteiger partial charge in [-0.05, 0) is 11.1 Å². The van der Waals surface area contributed by atoms with Crippen LogP contribution in [0.3, 0.4) is 0 Å². The van der Waals surface area contributed by atoms with E-state index in [2.05, 4.69) is 10.3 Å². The average Bonchev–Trinajstić information content (AvgIpc) is 3.21. The molecule has 5 nitrogen and oxygen atoms in total. The van der Waals surface area contributed by atoms with Crippen LogP contribution in [0.15, 0.2) is 36.0 Å². The van der Waals surface area contributed by atoms with Crippen molar-refractivity contribution >= 4 is 27.9 Å². The third-order valence-electron chi connectivity index (χ3n) is 4.09. The number of alkyl halides is 3. The zero-order valence-electron chi connectivity index (χ0n) is 12.9. The normalized spacial score (nSPS) is 14.8. The lowest BCUT2D eigenvalue weighted by atomic mass is 10.1. The van der Waals surface area contributed by atoms with Gasteiger partial charge in [0.05, 0.1) is 6.54 Å². The third kappa shape index (κ3) is 3.00. The Morgan fingerprint density at radius 3 is 2.56 bits per heavy atom. The standard InChI is InChI=1S/C16H13F3N4OS/c17-16(18,19)12-8-25-15-14(20-9-23(12)15)21-13(24)7-22-5-10-3-1-2-4-11(10)6-22/h1-4,8-9H,5-7H2,(H,21,24). The summed E-state index contributed by atoms with van der Waals surface area (Å²) >= 11 is 0.901. The number of nitrogens with one attached hydrogen (secondary N) is 1. The Labute approximate surface area is 144 Å². The summed E-state index contributed by atoms with van der Waals surface area (Å²) < 4.78 is 39.6. The lowest BCUT2D eigenvalue weighted by Crippen LogP contribution is -2.29. The minimum absolute atomic E-state index is 0.155. The fraction of sp³-hybridized carbons (Fsp3) is 0.250. The SMILES string of the molecule is O=C(CN1Cc2ccccc2C1)Nc1ncn2c(C(F)(F)F)csc12. The zero-order valence-corrected chi connectivity index (χ0v) is 13.7. The zero-order chi connectivity index (χ0) is 17.6. The number of benzene rings is 1. The number of anilines is 1. The van der Waals surface area contributed by atoms with Gasteiger partial charge < -0.3 is 5.32 Å². The highest BCUT2D eigenvalue weighted by molar-refractivity contribution is 7.16. The predicted octanol–water partition coefficient (Wildman–Crippen LogP) is 3.37. The summed E-state index contributed by atoms with van der Waals surface area (Å²) in [5, 5.41) is 3.63. The van der Waals surface area contributed by atoms with E-state index in [0.717, 1.165) is 27.4 Å². The van der Waals surface area contributed by atoms with Crippen molar-refractivity contribution in [1.82, 2.24) is 14.3 Å². The molecule has 3 heterocycles. The fourth-order valence-corrected chi connectivity index (χ4v) is 3.91. The van der Waals surface area contributed by atoms with Crippen molar-refractivity contribution in [3.05, 3.63) is 52.8 Å². The molecule has 0 fully saturated rings. The molecule has 25 heavy (non-hydrogen) atoms. The van der Waals surface area contributed by atoms with Crippen molar-refractivity contribution in [3.63, 3.8) is 0 Å². The van der Waals surface area contributed by atoms with Crippen LogP contribution in [0.2, 0.25) is 0 Å². The lowest BCUT2D eigenvalue weighted by molar-refractivity contribution is -0.141. The molecule has 1 amide bonds. The second kappa shape index (κ2) is 5.85. The summed E-state index contributed by atoms with van der Waals surface area (Å²) in [6, 6.07) is 7.96. The second-order valence-electron chi connectivity index (χ2n) is 5.85. The molecule has 1 aromatic carbocycles. The molecule has 1 N–H and O–H groups in total. The van der Waals surface area contributed by atoms with Gasteiger partial charge in [-0.15, -0.1) is 11.3 Å². The quantitative estimate of drug-likeness (QED) is 0.773. The van der Waals surface area contributed by atoms with E-state index in [4.69, 9.17) is 0 Å². The molecule has 9 heteroatoms. The van der Waals surface area contributed by atoms with E-state index in [0.29, 0.717) is 13.1 Å². The van der Waals surface area contributed by atoms with Crippen molar-refractivity contribution in [2.45, 2.75) is 19.3 Å². The van der Waals surface area contributed by atoms with E-state index in [1.54, 1.807) is 0 Å². The van der Waals surface area contributed by atoms with Crippen molar-refractivity contribution in [2.24, 2.45) is 0 Å². The number of carbonyl (C=O) groups excluding carboxylic acids is 1. The molecule has 0 saturated heterocycles. The summed E-state index contributed by atoms with van der Waals surface area (Å²) in [6.07, 6.45) is -3.38. The first-order valence-electron chi connectivity index (χ1n) is 7.52. The molecular formula is C16H13F3N4OS. The summed E-state index contributed by atoms with van der Waals surface area (Å²) in [5.41, 5.74) is 1.58. The van der Waals surface area contributed by atoms with Gasteiger partial charge in [0.2, 0.25) is 5.91 Å². The fourth-order valence-electron chi connectivity index (χ4n) is 2.97. The molecule has 1 aliphatic rings. The number of thiazole rings is 1. The molecule has 0 radical (unpaired) electrons. The van der Waals surface area contributed by atoms with E-state index < -0.39 is 11.9 Å². The van der Waals surface area contributed by atoms with Crippen LogP contribution in [0.5, 0.6) is 0 Å². The number of hydrogen-bond acceptors (Lipinski definition) is 4. The van der Waals surface area contributed by atoms with Crippen molar-refractivity contribution < 1.29 is 18.0 Å². The Bertz CT molecular complexity index is 921. The minimum atomic E-state index is -4.46. The predicted molar refractivity (Wildman–Crippen MR) is 87.3 cm³/mol. The van der Waals surface area contributed by atoms with Gasteiger partial charge in [0.1, 0.15) is 16.9 Å². The average molecular weight is 366 g/mol. The Morgan fingerprint density at radius 1 is 1.24 bits per heavy atom. The maximum Gasteiger partial charge on any atom is 0.432 e. The summed E-state index contributed by atoms with van der Waals surface area (Å²) in [5.74, 6) is -0.141. The van der Waals surface area contributed by atoms with Crippen molar-refractivity contribution in [2.75, 3.05) is 11.9 Å². The number of carbonyl (C=O) groups is 1. The van der Waals surface area contributed by atoms with Gasteiger partial charge in [-0.1, -0.05) is 24.3 Å². The van der Waals surface area contributed by atoms with Gasteiger partial charge in [0.15, 0.2) is 5.82 Å². The minimum Gasteiger partial charge on any atom is -0.307 e. The number of imidazole rings is 1. The Morgan fingerprint density at radius 2 is 1.92 bits per heavy atom. The maximum atomic E-state index is 12.9. The van der Waals surface area contributed by atoms with Crippen molar-refractivity contribution in [1.29, 1.82) is 0 Å². The Balaban J connectivity index is 1.45. The molecule has 0 spiro atoms. The van der Waals surface area contributed by atoms with Crippen LogP contribution < -0.4 is 5.32 Å². The lowest BCUT2D eigenvalue weighted by Gasteiger charge is -2.13. The Kier molecular flexibility index (Phi) is 3.77. The van der Waals surface area contributed by atoms with Gasteiger partial charge in [-0.2, -0.15) is 13.2 Å². The summed E-state index contributed by atoms with van der Waals surface area (Å²) in [6.45, 7) is 1.52. The van der Waals surface area contributed by atoms with E-state index in [1.165, 1.54) is 11.1 Å². The Hall–Kier alpha value is -2.39. The number of hydrogen-bond donors (Lipinski definition) is 1. The van der Waals surface area contributed by atoms with Crippen LogP contribution in [-0.2, 0) is 24.1 Å². The molecule has 3 aromatic rings. The first-order valence-corrected chi connectivity index (χ1v) is 8.40. The highest BCUT2D eigenvalue weighted by Gasteiger charge is 2.35. The molecular weight excluding hydrogens is 353 g/mol. The molecule has 4 rings (SSSR count). The number of nitrogens with zero attached hydrogens (tertiary/aromatic N) is 3. The van der Waals surface area contributed by atoms with Gasteiger partial charge in [-0.3, -0.25) is 14.1 Å². The smallest absolute Gasteiger partial charge is 0.307 e. The van der Waals surface area contributed by atoms with Crippen LogP contribution in [0, 0.1) is 0 Å².